The van der Waals surface area contributed by atoms with Crippen LogP contribution in [0.25, 0.3) is 22.3 Å². The molecule has 1 saturated carbocycles. The van der Waals surface area contributed by atoms with Gasteiger partial charge in [0.25, 0.3) is 0 Å². The van der Waals surface area contributed by atoms with Gasteiger partial charge in [0.1, 0.15) is 17.0 Å². The van der Waals surface area contributed by atoms with Gasteiger partial charge in [0, 0.05) is 24.3 Å². The molecular weight excluding hydrogens is 366 g/mol. The van der Waals surface area contributed by atoms with Crippen LogP contribution in [0.5, 0.6) is 0 Å². The molecule has 2 N–H and O–H groups in total. The van der Waals surface area contributed by atoms with Gasteiger partial charge in [0.15, 0.2) is 0 Å². The highest BCUT2D eigenvalue weighted by atomic mass is 16.5. The molecule has 2 fully saturated rings. The largest absolute Gasteiger partial charge is 0.385 e. The lowest BCUT2D eigenvalue weighted by molar-refractivity contribution is 0.000715. The molecule has 0 unspecified atom stereocenters. The van der Waals surface area contributed by atoms with Crippen molar-refractivity contribution in [3.63, 3.8) is 0 Å². The van der Waals surface area contributed by atoms with Crippen LogP contribution in [0.3, 0.4) is 0 Å². The van der Waals surface area contributed by atoms with Gasteiger partial charge < -0.3 is 14.7 Å². The molecule has 1 aliphatic heterocycles. The Labute approximate surface area is 170 Å². The molecule has 2 aliphatic rings. The predicted molar refractivity (Wildman–Crippen MR) is 112 cm³/mol. The first-order chi connectivity index (χ1) is 14.2. The molecule has 0 bridgehead atoms. The summed E-state index contributed by atoms with van der Waals surface area (Å²) in [5, 5.41) is 19.7. The van der Waals surface area contributed by atoms with Crippen LogP contribution in [0.4, 0.5) is 5.82 Å². The third kappa shape index (κ3) is 3.28. The zero-order chi connectivity index (χ0) is 19.8. The summed E-state index contributed by atoms with van der Waals surface area (Å²) in [6.07, 6.45) is 8.36. The number of aromatic amines is 1. The van der Waals surface area contributed by atoms with Crippen molar-refractivity contribution in [2.45, 2.75) is 50.7 Å². The zero-order valence-electron chi connectivity index (χ0n) is 16.8. The number of fused-ring (bicyclic) bond motifs is 1. The van der Waals surface area contributed by atoms with Crippen molar-refractivity contribution in [1.82, 2.24) is 20.2 Å². The first-order valence-corrected chi connectivity index (χ1v) is 10.5. The first kappa shape index (κ1) is 18.5. The smallest absolute Gasteiger partial charge is 0.130 e. The van der Waals surface area contributed by atoms with E-state index in [1.165, 1.54) is 6.42 Å². The third-order valence-electron chi connectivity index (χ3n) is 6.31. The normalized spacial score (nSPS) is 22.1. The first-order valence-electron chi connectivity index (χ1n) is 10.5. The fourth-order valence-corrected chi connectivity index (χ4v) is 4.73. The van der Waals surface area contributed by atoms with Gasteiger partial charge in [-0.2, -0.15) is 5.10 Å². The summed E-state index contributed by atoms with van der Waals surface area (Å²) in [4.78, 5) is 11.9. The van der Waals surface area contributed by atoms with Crippen LogP contribution in [0.15, 0.2) is 30.6 Å². The second-order valence-corrected chi connectivity index (χ2v) is 8.26. The maximum absolute atomic E-state index is 11.6. The maximum atomic E-state index is 11.6. The Kier molecular flexibility index (Phi) is 4.72. The highest BCUT2D eigenvalue weighted by Crippen LogP contribution is 2.42. The number of hydrogen-bond donors (Lipinski definition) is 2. The fourth-order valence-electron chi connectivity index (χ4n) is 4.73. The summed E-state index contributed by atoms with van der Waals surface area (Å²) >= 11 is 0. The molecule has 0 amide bonds. The molecule has 3 aromatic rings. The van der Waals surface area contributed by atoms with Crippen LogP contribution in [0, 0.1) is 0 Å². The minimum Gasteiger partial charge on any atom is -0.385 e. The highest BCUT2D eigenvalue weighted by molar-refractivity contribution is 5.94. The average Bonchev–Trinajstić information content (AvgIpc) is 3.28. The van der Waals surface area contributed by atoms with Crippen molar-refractivity contribution in [3.05, 3.63) is 36.2 Å². The summed E-state index contributed by atoms with van der Waals surface area (Å²) in [7, 11) is 0. The van der Waals surface area contributed by atoms with Gasteiger partial charge in [-0.05, 0) is 43.5 Å². The number of nitrogens with zero attached hydrogens (tertiary/aromatic N) is 4. The number of aliphatic hydroxyl groups is 1. The fraction of sp³-hybridized carbons (Fsp3) is 0.500. The number of H-pyrrole nitrogens is 1. The minimum absolute atomic E-state index is 0.231. The van der Waals surface area contributed by atoms with Gasteiger partial charge >= 0.3 is 0 Å². The molecule has 1 saturated heterocycles. The molecule has 29 heavy (non-hydrogen) atoms. The highest BCUT2D eigenvalue weighted by Gasteiger charge is 2.35. The average molecular weight is 393 g/mol. The number of aromatic nitrogens is 4. The minimum atomic E-state index is -0.823. The van der Waals surface area contributed by atoms with Crippen LogP contribution in [-0.4, -0.2) is 51.1 Å². The van der Waals surface area contributed by atoms with Crippen LogP contribution >= 0.6 is 0 Å². The van der Waals surface area contributed by atoms with Crippen LogP contribution in [0.2, 0.25) is 0 Å². The van der Waals surface area contributed by atoms with Crippen molar-refractivity contribution in [2.24, 2.45) is 0 Å². The summed E-state index contributed by atoms with van der Waals surface area (Å²) in [5.41, 5.74) is 2.55. The molecular formula is C22H27N5O2. The van der Waals surface area contributed by atoms with E-state index in [0.717, 1.165) is 65.9 Å². The molecule has 7 heteroatoms. The van der Waals surface area contributed by atoms with E-state index in [1.807, 2.05) is 12.1 Å². The standard InChI is InChI=1S/C22H27N5O2/c1-15-14-29-12-11-27(15)19-13-17(22(28)7-3-2-4-8-22)16-5-9-23-21(20(16)25-19)18-6-10-24-26-18/h5-6,9-10,13,15,28H,2-4,7-8,11-12,14H2,1H3,(H,24,26)/t15-/m1/s1. The van der Waals surface area contributed by atoms with E-state index < -0.39 is 5.60 Å². The van der Waals surface area contributed by atoms with Gasteiger partial charge in [-0.25, -0.2) is 4.98 Å². The molecule has 7 nitrogen and oxygen atoms in total. The second kappa shape index (κ2) is 7.39. The van der Waals surface area contributed by atoms with Crippen molar-refractivity contribution in [1.29, 1.82) is 0 Å². The molecule has 0 spiro atoms. The van der Waals surface area contributed by atoms with Crippen LogP contribution in [-0.2, 0) is 10.3 Å². The number of pyridine rings is 2. The molecule has 152 valence electrons. The van der Waals surface area contributed by atoms with Crippen molar-refractivity contribution in [2.75, 3.05) is 24.7 Å². The Morgan fingerprint density at radius 2 is 2.07 bits per heavy atom. The number of ether oxygens (including phenoxy) is 1. The van der Waals surface area contributed by atoms with E-state index in [1.54, 1.807) is 12.4 Å². The number of morpholine rings is 1. The van der Waals surface area contributed by atoms with Crippen molar-refractivity contribution < 1.29 is 9.84 Å². The maximum Gasteiger partial charge on any atom is 0.130 e. The quantitative estimate of drug-likeness (QED) is 0.709. The lowest BCUT2D eigenvalue weighted by atomic mass is 9.78. The Balaban J connectivity index is 1.74. The zero-order valence-corrected chi connectivity index (χ0v) is 16.8. The van der Waals surface area contributed by atoms with E-state index >= 15 is 0 Å². The van der Waals surface area contributed by atoms with Crippen LogP contribution < -0.4 is 4.90 Å². The third-order valence-corrected chi connectivity index (χ3v) is 6.31. The second-order valence-electron chi connectivity index (χ2n) is 8.26. The van der Waals surface area contributed by atoms with Crippen molar-refractivity contribution in [3.8, 4) is 11.4 Å². The molecule has 0 radical (unpaired) electrons. The molecule has 4 heterocycles. The Morgan fingerprint density at radius 3 is 2.83 bits per heavy atom. The molecule has 3 aromatic heterocycles. The predicted octanol–water partition coefficient (Wildman–Crippen LogP) is 3.40. The Bertz CT molecular complexity index is 998. The van der Waals surface area contributed by atoms with Gasteiger partial charge in [-0.15, -0.1) is 0 Å². The van der Waals surface area contributed by atoms with Crippen LogP contribution in [0.1, 0.15) is 44.6 Å². The number of hydrogen-bond acceptors (Lipinski definition) is 6. The summed E-state index contributed by atoms with van der Waals surface area (Å²) < 4.78 is 5.63. The molecule has 5 rings (SSSR count). The van der Waals surface area contributed by atoms with Gasteiger partial charge in [0.2, 0.25) is 0 Å². The number of rotatable bonds is 3. The van der Waals surface area contributed by atoms with E-state index in [9.17, 15) is 5.11 Å². The van der Waals surface area contributed by atoms with Gasteiger partial charge in [-0.1, -0.05) is 19.3 Å². The van der Waals surface area contributed by atoms with E-state index in [0.29, 0.717) is 13.2 Å². The Hall–Kier alpha value is -2.51. The summed E-state index contributed by atoms with van der Waals surface area (Å²) in [6, 6.07) is 6.22. The summed E-state index contributed by atoms with van der Waals surface area (Å²) in [6.45, 7) is 4.31. The lowest BCUT2D eigenvalue weighted by Crippen LogP contribution is -2.44. The van der Waals surface area contributed by atoms with Gasteiger partial charge in [0.05, 0.1) is 30.6 Å². The SMILES string of the molecule is C[C@@H]1COCCN1c1cc(C2(O)CCCCC2)c2ccnc(-c3ccn[nH]3)c2n1. The van der Waals surface area contributed by atoms with E-state index in [2.05, 4.69) is 33.1 Å². The molecule has 1 atom stereocenters. The van der Waals surface area contributed by atoms with Gasteiger partial charge in [-0.3, -0.25) is 10.1 Å². The number of nitrogens with one attached hydrogen (secondary N) is 1. The van der Waals surface area contributed by atoms with E-state index in [-0.39, 0.29) is 6.04 Å². The monoisotopic (exact) mass is 393 g/mol. The topological polar surface area (TPSA) is 87.2 Å². The molecule has 0 aromatic carbocycles. The molecule has 1 aliphatic carbocycles. The summed E-state index contributed by atoms with van der Waals surface area (Å²) in [5.74, 6) is 0.885. The number of anilines is 1. The van der Waals surface area contributed by atoms with Crippen molar-refractivity contribution >= 4 is 16.7 Å². The van der Waals surface area contributed by atoms with E-state index in [4.69, 9.17) is 9.72 Å². The Morgan fingerprint density at radius 1 is 1.21 bits per heavy atom. The lowest BCUT2D eigenvalue weighted by Gasteiger charge is -2.37.